The van der Waals surface area contributed by atoms with Crippen LogP contribution in [0.4, 0.5) is 0 Å². The zero-order valence-electron chi connectivity index (χ0n) is 17.1. The molecule has 2 aromatic carbocycles. The van der Waals surface area contributed by atoms with Gasteiger partial charge in [-0.05, 0) is 49.1 Å². The molecule has 3 rings (SSSR count). The van der Waals surface area contributed by atoms with Crippen LogP contribution in [-0.2, 0) is 20.0 Å². The van der Waals surface area contributed by atoms with E-state index in [-0.39, 0.29) is 36.0 Å². The third kappa shape index (κ3) is 4.55. The normalized spacial score (nSPS) is 17.9. The lowest BCUT2D eigenvalue weighted by Crippen LogP contribution is -2.50. The zero-order valence-corrected chi connectivity index (χ0v) is 18.7. The first-order valence-electron chi connectivity index (χ1n) is 9.83. The van der Waals surface area contributed by atoms with Gasteiger partial charge in [-0.15, -0.1) is 0 Å². The van der Waals surface area contributed by atoms with Crippen molar-refractivity contribution in [2.75, 3.05) is 26.2 Å². The van der Waals surface area contributed by atoms with Crippen LogP contribution in [0.25, 0.3) is 0 Å². The minimum Gasteiger partial charge on any atom is -0.207 e. The summed E-state index contributed by atoms with van der Waals surface area (Å²) in [5.74, 6) is 0.377. The molecule has 1 unspecified atom stereocenters. The highest BCUT2D eigenvalue weighted by Crippen LogP contribution is 2.24. The van der Waals surface area contributed by atoms with Crippen molar-refractivity contribution in [2.24, 2.45) is 0 Å². The van der Waals surface area contributed by atoms with E-state index < -0.39 is 20.0 Å². The molecule has 1 atom stereocenters. The molecular weight excluding hydrogens is 408 g/mol. The maximum Gasteiger partial charge on any atom is 0.243 e. The summed E-state index contributed by atoms with van der Waals surface area (Å²) >= 11 is 0. The molecule has 8 heteroatoms. The topological polar surface area (TPSA) is 74.8 Å². The Labute approximate surface area is 174 Å². The average molecular weight is 437 g/mol. The number of sulfonamides is 2. The van der Waals surface area contributed by atoms with Gasteiger partial charge in [-0.3, -0.25) is 0 Å². The van der Waals surface area contributed by atoms with Gasteiger partial charge in [-0.25, -0.2) is 16.8 Å². The van der Waals surface area contributed by atoms with Crippen LogP contribution in [0, 0.1) is 6.92 Å². The molecule has 2 aromatic rings. The zero-order chi connectivity index (χ0) is 21.2. The summed E-state index contributed by atoms with van der Waals surface area (Å²) in [7, 11) is -7.26. The van der Waals surface area contributed by atoms with Gasteiger partial charge in [0.2, 0.25) is 20.0 Å². The number of benzene rings is 2. The smallest absolute Gasteiger partial charge is 0.207 e. The summed E-state index contributed by atoms with van der Waals surface area (Å²) in [6.07, 6.45) is 0.990. The maximum absolute atomic E-state index is 13.0. The highest BCUT2D eigenvalue weighted by molar-refractivity contribution is 7.89. The van der Waals surface area contributed by atoms with Crippen molar-refractivity contribution in [3.63, 3.8) is 0 Å². The number of hydrogen-bond donors (Lipinski definition) is 0. The maximum atomic E-state index is 13.0. The molecular formula is C21H28N2O4S2. The molecule has 6 nitrogen and oxygen atoms in total. The van der Waals surface area contributed by atoms with Gasteiger partial charge in [0.1, 0.15) is 0 Å². The fraction of sp³-hybridized carbons (Fsp3) is 0.429. The molecule has 0 amide bonds. The van der Waals surface area contributed by atoms with Crippen molar-refractivity contribution < 1.29 is 16.8 Å². The molecule has 0 aliphatic carbocycles. The monoisotopic (exact) mass is 436 g/mol. The molecule has 0 radical (unpaired) electrons. The van der Waals surface area contributed by atoms with Crippen LogP contribution < -0.4 is 0 Å². The summed E-state index contributed by atoms with van der Waals surface area (Å²) in [5.41, 5.74) is 2.10. The Hall–Kier alpha value is -1.74. The van der Waals surface area contributed by atoms with Crippen molar-refractivity contribution in [1.29, 1.82) is 0 Å². The standard InChI is InChI=1S/C21H28N2O4S2/c1-4-18(3)19-7-11-21(12-8-19)29(26,27)23-15-13-22(14-16-23)28(24,25)20-9-5-17(2)6-10-20/h5-12,18H,4,13-16H2,1-3H3. The summed E-state index contributed by atoms with van der Waals surface area (Å²) in [6.45, 7) is 6.66. The van der Waals surface area contributed by atoms with E-state index in [4.69, 9.17) is 0 Å². The van der Waals surface area contributed by atoms with Crippen LogP contribution in [0.2, 0.25) is 0 Å². The molecule has 29 heavy (non-hydrogen) atoms. The summed E-state index contributed by atoms with van der Waals surface area (Å²) < 4.78 is 54.3. The number of rotatable bonds is 6. The van der Waals surface area contributed by atoms with Gasteiger partial charge in [-0.1, -0.05) is 43.7 Å². The van der Waals surface area contributed by atoms with E-state index >= 15 is 0 Å². The largest absolute Gasteiger partial charge is 0.243 e. The fourth-order valence-electron chi connectivity index (χ4n) is 3.36. The van der Waals surface area contributed by atoms with Crippen molar-refractivity contribution in [1.82, 2.24) is 8.61 Å². The fourth-order valence-corrected chi connectivity index (χ4v) is 6.21. The minimum absolute atomic E-state index is 0.139. The molecule has 1 aliphatic rings. The Morgan fingerprint density at radius 2 is 1.14 bits per heavy atom. The Morgan fingerprint density at radius 1 is 0.759 bits per heavy atom. The summed E-state index contributed by atoms with van der Waals surface area (Å²) in [4.78, 5) is 0.486. The number of nitrogens with zero attached hydrogens (tertiary/aromatic N) is 2. The predicted octanol–water partition coefficient (Wildman–Crippen LogP) is 3.20. The average Bonchev–Trinajstić information content (AvgIpc) is 2.73. The second-order valence-corrected chi connectivity index (χ2v) is 11.4. The van der Waals surface area contributed by atoms with Gasteiger partial charge in [0.05, 0.1) is 9.79 Å². The third-order valence-electron chi connectivity index (χ3n) is 5.56. The van der Waals surface area contributed by atoms with E-state index in [0.717, 1.165) is 17.5 Å². The van der Waals surface area contributed by atoms with Gasteiger partial charge in [-0.2, -0.15) is 8.61 Å². The van der Waals surface area contributed by atoms with E-state index in [1.165, 1.54) is 8.61 Å². The van der Waals surface area contributed by atoms with Gasteiger partial charge in [0.25, 0.3) is 0 Å². The molecule has 158 valence electrons. The Bertz CT molecular complexity index is 1040. The van der Waals surface area contributed by atoms with E-state index in [0.29, 0.717) is 5.92 Å². The van der Waals surface area contributed by atoms with E-state index in [2.05, 4.69) is 13.8 Å². The molecule has 1 saturated heterocycles. The van der Waals surface area contributed by atoms with E-state index in [1.807, 2.05) is 19.1 Å². The molecule has 0 N–H and O–H groups in total. The van der Waals surface area contributed by atoms with Crippen LogP contribution in [0.1, 0.15) is 37.3 Å². The highest BCUT2D eigenvalue weighted by Gasteiger charge is 2.33. The Kier molecular flexibility index (Phi) is 6.48. The SMILES string of the molecule is CCC(C)c1ccc(S(=O)(=O)N2CCN(S(=O)(=O)c3ccc(C)cc3)CC2)cc1. The van der Waals surface area contributed by atoms with E-state index in [9.17, 15) is 16.8 Å². The van der Waals surface area contributed by atoms with Gasteiger partial charge in [0.15, 0.2) is 0 Å². The quantitative estimate of drug-likeness (QED) is 0.697. The molecule has 0 saturated carbocycles. The molecule has 1 aliphatic heterocycles. The van der Waals surface area contributed by atoms with Gasteiger partial charge >= 0.3 is 0 Å². The predicted molar refractivity (Wildman–Crippen MR) is 114 cm³/mol. The number of aryl methyl sites for hydroxylation is 1. The van der Waals surface area contributed by atoms with Crippen molar-refractivity contribution in [3.8, 4) is 0 Å². The first kappa shape index (κ1) is 22.0. The molecule has 0 bridgehead atoms. The molecule has 0 spiro atoms. The summed E-state index contributed by atoms with van der Waals surface area (Å²) in [6, 6.07) is 13.7. The lowest BCUT2D eigenvalue weighted by atomic mass is 9.99. The van der Waals surface area contributed by atoms with Crippen LogP contribution in [0.5, 0.6) is 0 Å². The van der Waals surface area contributed by atoms with Crippen molar-refractivity contribution in [2.45, 2.75) is 42.9 Å². The van der Waals surface area contributed by atoms with E-state index in [1.54, 1.807) is 36.4 Å². The van der Waals surface area contributed by atoms with Crippen molar-refractivity contribution >= 4 is 20.0 Å². The van der Waals surface area contributed by atoms with Crippen LogP contribution in [0.15, 0.2) is 58.3 Å². The Balaban J connectivity index is 1.71. The van der Waals surface area contributed by atoms with Crippen molar-refractivity contribution in [3.05, 3.63) is 59.7 Å². The lowest BCUT2D eigenvalue weighted by Gasteiger charge is -2.33. The van der Waals surface area contributed by atoms with Crippen LogP contribution in [-0.4, -0.2) is 51.6 Å². The Morgan fingerprint density at radius 3 is 1.52 bits per heavy atom. The van der Waals surface area contributed by atoms with Gasteiger partial charge in [0, 0.05) is 26.2 Å². The first-order chi connectivity index (χ1) is 13.7. The molecule has 1 heterocycles. The third-order valence-corrected chi connectivity index (χ3v) is 9.38. The number of hydrogen-bond acceptors (Lipinski definition) is 4. The van der Waals surface area contributed by atoms with Gasteiger partial charge < -0.3 is 0 Å². The summed E-state index contributed by atoms with van der Waals surface area (Å²) in [5, 5.41) is 0. The van der Waals surface area contributed by atoms with Crippen LogP contribution >= 0.6 is 0 Å². The van der Waals surface area contributed by atoms with Crippen LogP contribution in [0.3, 0.4) is 0 Å². The molecule has 0 aromatic heterocycles. The number of piperazine rings is 1. The highest BCUT2D eigenvalue weighted by atomic mass is 32.2. The molecule has 1 fully saturated rings. The second-order valence-electron chi connectivity index (χ2n) is 7.50. The first-order valence-corrected chi connectivity index (χ1v) is 12.7. The second kappa shape index (κ2) is 8.55. The minimum atomic E-state index is -3.64. The lowest BCUT2D eigenvalue weighted by molar-refractivity contribution is 0.273.